The number of nitrogens with one attached hydrogen (secondary N) is 3. The van der Waals surface area contributed by atoms with Crippen molar-refractivity contribution >= 4 is 138 Å². The van der Waals surface area contributed by atoms with Crippen LogP contribution in [0, 0.1) is 3.57 Å². The van der Waals surface area contributed by atoms with Gasteiger partial charge in [-0.1, -0.05) is 271 Å². The number of carboxylic acid groups (broad SMARTS) is 1. The molecule has 140 heavy (non-hydrogen) atoms. The first kappa shape index (κ1) is 129. The maximum Gasteiger partial charge on any atom is 1.00 e. The molecule has 3 saturated heterocycles. The van der Waals surface area contributed by atoms with Crippen LogP contribution in [0.25, 0.3) is 0 Å². The van der Waals surface area contributed by atoms with Crippen LogP contribution in [0.3, 0.4) is 0 Å². The summed E-state index contributed by atoms with van der Waals surface area (Å²) in [6.45, 7) is 50.0. The van der Waals surface area contributed by atoms with E-state index in [0.29, 0.717) is 69.7 Å². The summed E-state index contributed by atoms with van der Waals surface area (Å²) in [6.07, 6.45) is 1.01. The number of hydrogen-bond donors (Lipinski definition) is 9. The van der Waals surface area contributed by atoms with Crippen LogP contribution in [0.5, 0.6) is 0 Å². The quantitative estimate of drug-likeness (QED) is 0.00999. The predicted octanol–water partition coefficient (Wildman–Crippen LogP) is 17.1. The largest absolute Gasteiger partial charge is 1.00 e. The zero-order valence-corrected chi connectivity index (χ0v) is 98.8. The van der Waals surface area contributed by atoms with Gasteiger partial charge in [0, 0.05) is 74.5 Å². The number of nitrogens with zero attached hydrogens (tertiary/aromatic N) is 2. The first-order valence-electron chi connectivity index (χ1n) is 48.6. The third kappa shape index (κ3) is 39.6. The van der Waals surface area contributed by atoms with E-state index in [0.717, 1.165) is 132 Å². The number of likely N-dealkylation sites (tertiary alicyclic amines) is 2. The van der Waals surface area contributed by atoms with Gasteiger partial charge in [-0.15, -0.1) is 0 Å². The van der Waals surface area contributed by atoms with E-state index in [1.807, 2.05) is 158 Å². The molecular formula is C108H160ClF3IKN6O15Si5. The van der Waals surface area contributed by atoms with Crippen LogP contribution >= 0.6 is 33.7 Å². The summed E-state index contributed by atoms with van der Waals surface area (Å²) in [7, 11) is -6.05. The van der Waals surface area contributed by atoms with Crippen LogP contribution in [-0.4, -0.2) is 190 Å². The van der Waals surface area contributed by atoms with Gasteiger partial charge in [0.25, 0.3) is 11.8 Å². The van der Waals surface area contributed by atoms with Crippen molar-refractivity contribution in [1.82, 2.24) is 25.8 Å². The number of piperidine rings is 3. The Hall–Kier alpha value is -6.70. The van der Waals surface area contributed by atoms with E-state index in [1.54, 1.807) is 36.4 Å². The van der Waals surface area contributed by atoms with Gasteiger partial charge in [-0.2, -0.15) is 24.3 Å². The zero-order valence-electron chi connectivity index (χ0n) is 87.5. The van der Waals surface area contributed by atoms with E-state index in [1.165, 1.54) is 37.5 Å². The van der Waals surface area contributed by atoms with E-state index >= 15 is 0 Å². The number of rotatable bonds is 27. The van der Waals surface area contributed by atoms with E-state index in [9.17, 15) is 61.1 Å². The number of aromatic carboxylic acids is 1. The number of aliphatic hydroxyl groups excluding tert-OH is 1. The van der Waals surface area contributed by atoms with Crippen molar-refractivity contribution in [1.29, 1.82) is 0 Å². The SMILES string of the molecule is CC(=O)NCc1cccc(C2CCN(C(=O)c3cccc([Si](O)(C(C)C)C(C)C)c3)CC2)c1.CC(C)[SiH](Cl)C(C)C.CC(C)[Si](O)(c1cccc(C(=O)N2CCC(c3cccc(CN)c3)CC2)c1)C(C)C.CC(C)[Si](O)(c1cccc(C(=O)O)c1)C(C)C.CO.COC(=O)c1cccc(I)c1.COC(=O)c1cccc([SiH](C(C)C)C(C)C)c1.O=C(NCc1cccc(C2CCNCC2)c1)C(F)(F)F.[K+].[OH-]. The Labute approximate surface area is 900 Å². The fraction of sp³-hybridized carbons (Fsp3) is 0.491. The zero-order chi connectivity index (χ0) is 104. The van der Waals surface area contributed by atoms with Gasteiger partial charge in [-0.3, -0.25) is 19.2 Å². The number of nitrogens with two attached hydrogens (primary N) is 1. The molecule has 11 N–H and O–H groups in total. The van der Waals surface area contributed by atoms with Crippen LogP contribution in [0.4, 0.5) is 13.2 Å². The second kappa shape index (κ2) is 63.6. The number of halogens is 5. The summed E-state index contributed by atoms with van der Waals surface area (Å²) in [6, 6.07) is 61.8. The van der Waals surface area contributed by atoms with Crippen LogP contribution in [0.2, 0.25) is 55.4 Å². The molecule has 3 aliphatic rings. The van der Waals surface area contributed by atoms with Gasteiger partial charge < -0.3 is 71.0 Å². The maximum absolute atomic E-state index is 13.3. The van der Waals surface area contributed by atoms with Gasteiger partial charge >= 0.3 is 81.4 Å². The van der Waals surface area contributed by atoms with Crippen molar-refractivity contribution in [2.45, 2.75) is 283 Å². The Morgan fingerprint density at radius 1 is 0.457 bits per heavy atom. The normalized spacial score (nSPS) is 13.7. The van der Waals surface area contributed by atoms with Crippen molar-refractivity contribution in [3.8, 4) is 0 Å². The summed E-state index contributed by atoms with van der Waals surface area (Å²) in [4.78, 5) is 120. The fourth-order valence-corrected chi connectivity index (χ4v) is 34.6. The molecule has 11 rings (SSSR count). The first-order chi connectivity index (χ1) is 64.9. The number of hydrogen-bond acceptors (Lipinski definition) is 16. The molecule has 3 heterocycles. The Bertz CT molecular complexity index is 5070. The molecule has 0 spiro atoms. The van der Waals surface area contributed by atoms with Crippen molar-refractivity contribution in [2.75, 3.05) is 60.6 Å². The molecule has 0 aromatic heterocycles. The van der Waals surface area contributed by atoms with Crippen molar-refractivity contribution in [3.63, 3.8) is 0 Å². The molecule has 3 aliphatic heterocycles. The molecule has 8 aromatic carbocycles. The molecule has 0 unspecified atom stereocenters. The molecule has 32 heteroatoms. The second-order valence-corrected chi connectivity index (χ2v) is 63.5. The van der Waals surface area contributed by atoms with Crippen molar-refractivity contribution < 1.29 is 138 Å². The van der Waals surface area contributed by atoms with Gasteiger partial charge in [0.15, 0.2) is 0 Å². The van der Waals surface area contributed by atoms with Crippen LogP contribution in [0.15, 0.2) is 194 Å². The average molecular weight is 2180 g/mol. The molecule has 0 aliphatic carbocycles. The van der Waals surface area contributed by atoms with Gasteiger partial charge in [0.05, 0.1) is 39.7 Å². The Morgan fingerprint density at radius 3 is 1.09 bits per heavy atom. The summed E-state index contributed by atoms with van der Waals surface area (Å²) < 4.78 is 46.7. The number of carbonyl (C=O) groups is 7. The predicted molar refractivity (Wildman–Crippen MR) is 581 cm³/mol. The fourth-order valence-electron chi connectivity index (χ4n) is 18.5. The molecular weight excluding hydrogens is 2020 g/mol. The molecule has 0 bridgehead atoms. The van der Waals surface area contributed by atoms with Gasteiger partial charge in [-0.05, 0) is 263 Å². The van der Waals surface area contributed by atoms with Crippen LogP contribution in [-0.2, 0) is 38.7 Å². The number of methoxy groups -OCH3 is 2. The Kier molecular flexibility index (Phi) is 58.8. The summed E-state index contributed by atoms with van der Waals surface area (Å²) in [5.74, 6) is -1.94. The topological polar surface area (TPSA) is 338 Å². The summed E-state index contributed by atoms with van der Waals surface area (Å²) in [5.41, 5.74) is 19.3. The Balaban J connectivity index is 0.000000571. The number of benzene rings is 8. The third-order valence-electron chi connectivity index (χ3n) is 26.3. The monoisotopic (exact) mass is 2180 g/mol. The first-order valence-corrected chi connectivity index (χ1v) is 61.0. The molecule has 3 fully saturated rings. The van der Waals surface area contributed by atoms with Gasteiger partial charge in [0.1, 0.15) is 8.11 Å². The number of aliphatic hydroxyl groups is 1. The molecule has 21 nitrogen and oxygen atoms in total. The number of carboxylic acids is 1. The van der Waals surface area contributed by atoms with E-state index < -0.39 is 59.9 Å². The number of ether oxygens (including phenoxy) is 2. The van der Waals surface area contributed by atoms with E-state index in [4.69, 9.17) is 31.8 Å². The van der Waals surface area contributed by atoms with E-state index in [-0.39, 0.29) is 132 Å². The van der Waals surface area contributed by atoms with Crippen LogP contribution in [0.1, 0.15) is 287 Å². The van der Waals surface area contributed by atoms with Gasteiger partial charge in [0.2, 0.25) is 30.9 Å². The van der Waals surface area contributed by atoms with Crippen molar-refractivity contribution in [3.05, 3.63) is 259 Å². The molecule has 0 radical (unpaired) electrons. The van der Waals surface area contributed by atoms with Crippen molar-refractivity contribution in [2.24, 2.45) is 5.73 Å². The minimum absolute atomic E-state index is 0. The average Bonchev–Trinajstić information content (AvgIpc) is 0.792. The number of amides is 4. The molecule has 0 saturated carbocycles. The summed E-state index contributed by atoms with van der Waals surface area (Å²) >= 11 is 8.24. The molecule has 4 amide bonds. The minimum Gasteiger partial charge on any atom is -0.870 e. The standard InChI is InChI=1S/C27H38N2O3Si.C25H36N2O2Si.C14H17F3N2O.C14H22O2Si.C13H20O3Si.C8H7IO2.C6H15ClSi.CH4O.K.H2O/c1-19(2)33(32,20(3)4)26-11-7-10-25(17-26)27(31)29-14-12-23(13-15-29)24-9-6-8-22(16-24)18-28-21(5)30;1-18(2)30(29,19(3)4)24-10-6-9-23(16-24)25(28)27-13-11-21(12-14-27)22-8-5-7-20(15-22)17-26;15-14(16,17)13(20)19-9-10-2-1-3-12(8-10)11-4-6-18-7-5-11;1-10(2)17(11(3)4)13-8-6-7-12(9-13)14(15)16-5;1-9(2)17(16,10(3)4)12-7-5-6-11(8-12)13(14)15;1-11-8(10)6-3-2-4-7(9)5-6;1-5(2)8(7)6(3)4;1-2;;/h6-11,16-17,19-20,23,32H,12-15,18H2,1-5H3,(H,28,30);5-10,15-16,18-19,21,29H,11-14,17,26H2,1-4H3;1-3,8,11,18H,4-7,9H2,(H,19,20);6-11,17H,1-5H3;5-10,16H,1-4H3,(H,14,15);2-5H,1H3;5-6,8H,1-4H3;2H,1H3;;1H2/q;;;;;;;;+1;/p-1. The number of esters is 2. The van der Waals surface area contributed by atoms with Gasteiger partial charge in [-0.25, -0.2) is 14.4 Å². The van der Waals surface area contributed by atoms with Crippen LogP contribution < -0.4 is 93.8 Å². The smallest absolute Gasteiger partial charge is 0.870 e. The molecule has 8 aromatic rings. The third-order valence-corrected chi connectivity index (χ3v) is 50.8. The van der Waals surface area contributed by atoms with E-state index in [2.05, 4.69) is 191 Å². The summed E-state index contributed by atoms with van der Waals surface area (Å²) in [5, 5.41) is 28.1. The second-order valence-electron chi connectivity index (χ2n) is 39.2. The maximum atomic E-state index is 13.3. The Morgan fingerprint density at radius 2 is 0.771 bits per heavy atom. The number of carbonyl (C=O) groups excluding carboxylic acids is 6. The molecule has 768 valence electrons. The minimum atomic E-state index is -4.83. The number of alkyl halides is 3. The molecule has 0 atom stereocenters.